The number of hydrogen-bond donors (Lipinski definition) is 1. The third-order valence-corrected chi connectivity index (χ3v) is 12.5. The summed E-state index contributed by atoms with van der Waals surface area (Å²) in [6.45, 7) is 0. The van der Waals surface area contributed by atoms with E-state index in [0.717, 1.165) is 32.6 Å². The first-order valence-corrected chi connectivity index (χ1v) is 20.8. The van der Waals surface area contributed by atoms with Gasteiger partial charge in [-0.15, -0.1) is 35.0 Å². The fraction of sp³-hybridized carbons (Fsp3) is 0. The average Bonchev–Trinajstić information content (AvgIpc) is 3.87. The second-order valence-electron chi connectivity index (χ2n) is 15.9. The van der Waals surface area contributed by atoms with Crippen LogP contribution < -0.4 is 0 Å². The summed E-state index contributed by atoms with van der Waals surface area (Å²) in [5.41, 5.74) is 9.47. The van der Waals surface area contributed by atoms with Crippen LogP contribution in [0.2, 0.25) is 0 Å². The van der Waals surface area contributed by atoms with Crippen LogP contribution in [0.4, 0.5) is 0 Å². The number of carboxylic acid groups (broad SMARTS) is 1. The van der Waals surface area contributed by atoms with Crippen LogP contribution in [0.1, 0.15) is 10.5 Å². The summed E-state index contributed by atoms with van der Waals surface area (Å²) < 4.78 is 4.81. The first-order valence-electron chi connectivity index (χ1n) is 20.8. The molecule has 7 aromatic heterocycles. The maximum absolute atomic E-state index is 10.1. The molecule has 0 aliphatic heterocycles. The fourth-order valence-corrected chi connectivity index (χ4v) is 9.83. The largest absolute Gasteiger partial charge is 0.477 e. The van der Waals surface area contributed by atoms with Crippen molar-refractivity contribution in [3.05, 3.63) is 200 Å². The van der Waals surface area contributed by atoms with Crippen LogP contribution in [-0.2, 0) is 20.1 Å². The number of carboxylic acids is 1. The molecule has 0 aliphatic carbocycles. The second-order valence-corrected chi connectivity index (χ2v) is 15.9. The number of pyridine rings is 5. The summed E-state index contributed by atoms with van der Waals surface area (Å²) in [4.78, 5) is 23.3. The Kier molecular flexibility index (Phi) is 8.56. The van der Waals surface area contributed by atoms with Gasteiger partial charge in [0, 0.05) is 93.3 Å². The Morgan fingerprint density at radius 3 is 1.38 bits per heavy atom. The normalized spacial score (nSPS) is 11.8. The van der Waals surface area contributed by atoms with Gasteiger partial charge < -0.3 is 13.9 Å². The van der Waals surface area contributed by atoms with Crippen molar-refractivity contribution in [2.24, 2.45) is 0 Å². The number of fused-ring (bicyclic) bond motifs is 14. The van der Waals surface area contributed by atoms with Crippen LogP contribution in [0, 0.1) is 12.1 Å². The van der Waals surface area contributed by atoms with E-state index in [0.29, 0.717) is 0 Å². The minimum atomic E-state index is -0.990. The Bertz CT molecular complexity index is 4060. The molecule has 15 rings (SSSR count). The molecule has 64 heavy (non-hydrogen) atoms. The molecule has 1 N–H and O–H groups in total. The molecule has 7 heterocycles. The zero-order valence-electron chi connectivity index (χ0n) is 33.7. The summed E-state index contributed by atoms with van der Waals surface area (Å²) in [7, 11) is 0. The molecular weight excluding hydrogens is 967 g/mol. The summed E-state index contributed by atoms with van der Waals surface area (Å²) in [6.07, 6.45) is 5.27. The van der Waals surface area contributed by atoms with Crippen molar-refractivity contribution in [2.45, 2.75) is 0 Å². The number of carbonyl (C=O) groups is 1. The van der Waals surface area contributed by atoms with Gasteiger partial charge in [-0.3, -0.25) is 9.97 Å². The van der Waals surface area contributed by atoms with E-state index >= 15 is 0 Å². The van der Waals surface area contributed by atoms with Gasteiger partial charge in [-0.2, -0.15) is 0 Å². The van der Waals surface area contributed by atoms with Gasteiger partial charge >= 0.3 is 5.97 Å². The van der Waals surface area contributed by atoms with Gasteiger partial charge in [0.15, 0.2) is 0 Å². The molecule has 8 aromatic carbocycles. The monoisotopic (exact) mass is 998 g/mol. The van der Waals surface area contributed by atoms with Crippen LogP contribution in [0.15, 0.2) is 182 Å². The molecule has 0 unspecified atom stereocenters. The number of aromatic carboxylic acids is 1. The molecule has 303 valence electrons. The molecule has 0 atom stereocenters. The van der Waals surface area contributed by atoms with Gasteiger partial charge in [0.1, 0.15) is 5.69 Å². The first-order chi connectivity index (χ1) is 31.1. The van der Waals surface area contributed by atoms with Crippen molar-refractivity contribution in [3.63, 3.8) is 0 Å². The van der Waals surface area contributed by atoms with Gasteiger partial charge in [0.05, 0.1) is 0 Å². The molecule has 0 spiro atoms. The second kappa shape index (κ2) is 14.5. The van der Waals surface area contributed by atoms with E-state index in [1.807, 2.05) is 12.4 Å². The summed E-state index contributed by atoms with van der Waals surface area (Å²) in [5, 5.41) is 25.2. The molecule has 0 saturated carbocycles. The standard InChI is InChI=1S/2C25H13N2.C6H5NO2.Ir/c2*1-2-6-17-14-22-20(13-16(17)5-1)24-23-15(11-12-26-24)9-10-19-18-7-3-4-8-21(18)27(22)25(19)23;8-6(9)5-3-1-2-4-7-5;/h2*1-12,14H;1-4H,(H,8,9);/q2*-1;;. The fourth-order valence-electron chi connectivity index (χ4n) is 9.83. The summed E-state index contributed by atoms with van der Waals surface area (Å²) in [5.74, 6) is -0.990. The number of nitrogens with zero attached hydrogens (tertiary/aromatic N) is 5. The molecule has 0 saturated heterocycles. The van der Waals surface area contributed by atoms with Crippen molar-refractivity contribution >= 4 is 126 Å². The molecule has 0 aliphatic rings. The molecule has 0 amide bonds. The molecule has 0 fully saturated rings. The SMILES string of the molecule is O=C(O)c1ccccn1.[Ir].[c-]1c2ccccc2cc2c1c1nccc3ccc4c5ccccc5n2c4c31.[c-]1c2ccccc2cc2c1c1nccc3ccc4c5ccccc5n2c4c31. The smallest absolute Gasteiger partial charge is 0.354 e. The number of para-hydroxylation sites is 2. The zero-order chi connectivity index (χ0) is 41.8. The van der Waals surface area contributed by atoms with E-state index in [2.05, 4.69) is 172 Å². The number of benzene rings is 8. The predicted octanol–water partition coefficient (Wildman–Crippen LogP) is 13.5. The quantitative estimate of drug-likeness (QED) is 0.101. The molecule has 0 bridgehead atoms. The summed E-state index contributed by atoms with van der Waals surface area (Å²) in [6, 6.07) is 64.0. The van der Waals surface area contributed by atoms with Crippen molar-refractivity contribution in [3.8, 4) is 0 Å². The van der Waals surface area contributed by atoms with E-state index in [4.69, 9.17) is 15.1 Å². The van der Waals surface area contributed by atoms with E-state index < -0.39 is 5.97 Å². The third kappa shape index (κ3) is 5.50. The Hall–Kier alpha value is -8.03. The average molecular weight is 998 g/mol. The molecule has 1 radical (unpaired) electrons. The van der Waals surface area contributed by atoms with Crippen molar-refractivity contribution in [1.82, 2.24) is 23.8 Å². The number of aromatic nitrogens is 5. The minimum Gasteiger partial charge on any atom is -0.477 e. The predicted molar refractivity (Wildman–Crippen MR) is 257 cm³/mol. The van der Waals surface area contributed by atoms with Crippen LogP contribution in [0.3, 0.4) is 0 Å². The van der Waals surface area contributed by atoms with E-state index in [1.165, 1.54) is 99.2 Å². The maximum Gasteiger partial charge on any atom is 0.354 e. The van der Waals surface area contributed by atoms with Gasteiger partial charge in [0.2, 0.25) is 0 Å². The van der Waals surface area contributed by atoms with Gasteiger partial charge in [0.25, 0.3) is 0 Å². The molecule has 7 nitrogen and oxygen atoms in total. The van der Waals surface area contributed by atoms with Gasteiger partial charge in [-0.1, -0.05) is 137 Å². The Balaban J connectivity index is 0.000000112. The number of rotatable bonds is 1. The zero-order valence-corrected chi connectivity index (χ0v) is 36.1. The minimum absolute atomic E-state index is 0. The number of hydrogen-bond acceptors (Lipinski definition) is 4. The van der Waals surface area contributed by atoms with Crippen molar-refractivity contribution in [1.29, 1.82) is 0 Å². The maximum atomic E-state index is 10.1. The Labute approximate surface area is 377 Å². The Morgan fingerprint density at radius 1 is 0.438 bits per heavy atom. The van der Waals surface area contributed by atoms with Crippen molar-refractivity contribution in [2.75, 3.05) is 0 Å². The summed E-state index contributed by atoms with van der Waals surface area (Å²) >= 11 is 0. The van der Waals surface area contributed by atoms with E-state index in [-0.39, 0.29) is 25.8 Å². The van der Waals surface area contributed by atoms with Gasteiger partial charge in [-0.05, 0) is 69.0 Å². The first kappa shape index (κ1) is 37.7. The van der Waals surface area contributed by atoms with E-state index in [1.54, 1.807) is 12.1 Å². The molecule has 15 aromatic rings. The van der Waals surface area contributed by atoms with E-state index in [9.17, 15) is 4.79 Å². The van der Waals surface area contributed by atoms with Crippen LogP contribution >= 0.6 is 0 Å². The topological polar surface area (TPSA) is 84.8 Å². The van der Waals surface area contributed by atoms with Gasteiger partial charge in [-0.25, -0.2) is 9.78 Å². The third-order valence-electron chi connectivity index (χ3n) is 12.5. The van der Waals surface area contributed by atoms with Crippen molar-refractivity contribution < 1.29 is 30.0 Å². The van der Waals surface area contributed by atoms with Crippen LogP contribution in [0.5, 0.6) is 0 Å². The molecule has 8 heteroatoms. The van der Waals surface area contributed by atoms with Crippen LogP contribution in [-0.4, -0.2) is 34.8 Å². The molecular formula is C56H31IrN5O2-2. The van der Waals surface area contributed by atoms with Crippen LogP contribution in [0.25, 0.3) is 120 Å². The Morgan fingerprint density at radius 2 is 0.906 bits per heavy atom.